The van der Waals surface area contributed by atoms with Crippen molar-refractivity contribution in [3.8, 4) is 0 Å². The maximum Gasteiger partial charge on any atom is 0.206 e. The molecule has 1 N–H and O–H groups in total. The summed E-state index contributed by atoms with van der Waals surface area (Å²) < 4.78 is 2.13. The Labute approximate surface area is 107 Å². The molecular weight excluding hydrogens is 226 g/mol. The summed E-state index contributed by atoms with van der Waals surface area (Å²) in [5.41, 5.74) is 2.17. The van der Waals surface area contributed by atoms with Crippen molar-refractivity contribution in [2.75, 3.05) is 18.1 Å². The SMILES string of the molecule is Cn1c(N(CCO)C2CCC2)nc2ccccc21. The highest BCUT2D eigenvalue weighted by Gasteiger charge is 2.27. The van der Waals surface area contributed by atoms with Crippen LogP contribution in [-0.4, -0.2) is 33.9 Å². The molecule has 96 valence electrons. The first kappa shape index (κ1) is 11.5. The monoisotopic (exact) mass is 245 g/mol. The van der Waals surface area contributed by atoms with E-state index in [9.17, 15) is 5.11 Å². The molecule has 1 saturated carbocycles. The predicted molar refractivity (Wildman–Crippen MR) is 72.8 cm³/mol. The van der Waals surface area contributed by atoms with Crippen molar-refractivity contribution >= 4 is 17.0 Å². The molecule has 2 aromatic rings. The Hall–Kier alpha value is -1.55. The van der Waals surface area contributed by atoms with E-state index in [-0.39, 0.29) is 6.61 Å². The second-order valence-electron chi connectivity index (χ2n) is 4.96. The van der Waals surface area contributed by atoms with Crippen LogP contribution in [0.5, 0.6) is 0 Å². The summed E-state index contributed by atoms with van der Waals surface area (Å²) in [7, 11) is 2.05. The lowest BCUT2D eigenvalue weighted by molar-refractivity contribution is 0.281. The molecule has 1 aromatic carbocycles. The first-order valence-electron chi connectivity index (χ1n) is 6.60. The standard InChI is InChI=1S/C14H19N3O/c1-16-13-8-3-2-7-12(13)15-14(16)17(9-10-18)11-5-4-6-11/h2-3,7-8,11,18H,4-6,9-10H2,1H3. The highest BCUT2D eigenvalue weighted by atomic mass is 16.3. The van der Waals surface area contributed by atoms with Crippen LogP contribution in [-0.2, 0) is 7.05 Å². The molecule has 0 saturated heterocycles. The summed E-state index contributed by atoms with van der Waals surface area (Å²) in [4.78, 5) is 6.97. The number of imidazole rings is 1. The van der Waals surface area contributed by atoms with Crippen molar-refractivity contribution in [2.45, 2.75) is 25.3 Å². The van der Waals surface area contributed by atoms with Crippen molar-refractivity contribution in [2.24, 2.45) is 7.05 Å². The van der Waals surface area contributed by atoms with Gasteiger partial charge in [-0.25, -0.2) is 4.98 Å². The maximum absolute atomic E-state index is 9.25. The summed E-state index contributed by atoms with van der Waals surface area (Å²) in [6.07, 6.45) is 3.71. The number of aryl methyl sites for hydroxylation is 1. The van der Waals surface area contributed by atoms with Gasteiger partial charge in [0, 0.05) is 19.6 Å². The Bertz CT molecular complexity index is 545. The largest absolute Gasteiger partial charge is 0.395 e. The fourth-order valence-electron chi connectivity index (χ4n) is 2.64. The molecule has 3 rings (SSSR count). The Balaban J connectivity index is 2.02. The third-order valence-corrected chi connectivity index (χ3v) is 3.88. The fourth-order valence-corrected chi connectivity index (χ4v) is 2.64. The minimum absolute atomic E-state index is 0.180. The van der Waals surface area contributed by atoms with Gasteiger partial charge >= 0.3 is 0 Å². The second kappa shape index (κ2) is 4.61. The molecule has 4 heteroatoms. The molecule has 0 aliphatic heterocycles. The zero-order valence-electron chi connectivity index (χ0n) is 10.7. The number of aromatic nitrogens is 2. The number of hydrogen-bond acceptors (Lipinski definition) is 3. The normalized spacial score (nSPS) is 15.9. The van der Waals surface area contributed by atoms with Crippen LogP contribution in [0.25, 0.3) is 11.0 Å². The average Bonchev–Trinajstić information content (AvgIpc) is 2.65. The van der Waals surface area contributed by atoms with Crippen molar-refractivity contribution in [3.63, 3.8) is 0 Å². The molecule has 1 fully saturated rings. The molecule has 18 heavy (non-hydrogen) atoms. The molecule has 0 spiro atoms. The van der Waals surface area contributed by atoms with Gasteiger partial charge in [-0.15, -0.1) is 0 Å². The lowest BCUT2D eigenvalue weighted by Gasteiger charge is -2.37. The van der Waals surface area contributed by atoms with E-state index in [2.05, 4.69) is 15.5 Å². The van der Waals surface area contributed by atoms with E-state index < -0.39 is 0 Å². The molecule has 4 nitrogen and oxygen atoms in total. The summed E-state index contributed by atoms with van der Waals surface area (Å²) in [5, 5.41) is 9.25. The zero-order chi connectivity index (χ0) is 12.5. The van der Waals surface area contributed by atoms with Gasteiger partial charge in [0.15, 0.2) is 0 Å². The second-order valence-corrected chi connectivity index (χ2v) is 4.96. The molecule has 1 heterocycles. The number of rotatable bonds is 4. The van der Waals surface area contributed by atoms with E-state index in [1.165, 1.54) is 19.3 Å². The lowest BCUT2D eigenvalue weighted by atomic mass is 9.92. The van der Waals surface area contributed by atoms with Crippen molar-refractivity contribution in [1.82, 2.24) is 9.55 Å². The van der Waals surface area contributed by atoms with Crippen LogP contribution in [0.3, 0.4) is 0 Å². The Kier molecular flexibility index (Phi) is 2.96. The van der Waals surface area contributed by atoms with Gasteiger partial charge in [-0.1, -0.05) is 12.1 Å². The van der Waals surface area contributed by atoms with Gasteiger partial charge in [-0.2, -0.15) is 0 Å². The number of para-hydroxylation sites is 2. The Morgan fingerprint density at radius 1 is 1.39 bits per heavy atom. The van der Waals surface area contributed by atoms with Crippen molar-refractivity contribution in [3.05, 3.63) is 24.3 Å². The minimum Gasteiger partial charge on any atom is -0.395 e. The van der Waals surface area contributed by atoms with Crippen LogP contribution in [0.2, 0.25) is 0 Å². The van der Waals surface area contributed by atoms with Crippen molar-refractivity contribution < 1.29 is 5.11 Å². The van der Waals surface area contributed by atoms with Crippen LogP contribution in [0, 0.1) is 0 Å². The molecular formula is C14H19N3O. The third kappa shape index (κ3) is 1.77. The molecule has 0 radical (unpaired) electrons. The predicted octanol–water partition coefficient (Wildman–Crippen LogP) is 1.92. The van der Waals surface area contributed by atoms with E-state index in [0.29, 0.717) is 12.6 Å². The maximum atomic E-state index is 9.25. The number of aliphatic hydroxyl groups is 1. The highest BCUT2D eigenvalue weighted by molar-refractivity contribution is 5.78. The first-order valence-corrected chi connectivity index (χ1v) is 6.60. The van der Waals surface area contributed by atoms with E-state index >= 15 is 0 Å². The molecule has 0 bridgehead atoms. The molecule has 0 atom stereocenters. The molecule has 1 aliphatic rings. The van der Waals surface area contributed by atoms with Gasteiger partial charge in [-0.3, -0.25) is 0 Å². The molecule has 1 aliphatic carbocycles. The van der Waals surface area contributed by atoms with Crippen LogP contribution in [0.15, 0.2) is 24.3 Å². The quantitative estimate of drug-likeness (QED) is 0.894. The number of benzene rings is 1. The summed E-state index contributed by atoms with van der Waals surface area (Å²) in [6, 6.07) is 8.72. The van der Waals surface area contributed by atoms with Crippen LogP contribution >= 0.6 is 0 Å². The van der Waals surface area contributed by atoms with E-state index in [4.69, 9.17) is 4.98 Å². The van der Waals surface area contributed by atoms with Gasteiger partial charge in [0.1, 0.15) is 0 Å². The van der Waals surface area contributed by atoms with Crippen LogP contribution in [0.4, 0.5) is 5.95 Å². The van der Waals surface area contributed by atoms with Gasteiger partial charge in [0.05, 0.1) is 17.6 Å². The summed E-state index contributed by atoms with van der Waals surface area (Å²) in [5.74, 6) is 0.981. The summed E-state index contributed by atoms with van der Waals surface area (Å²) >= 11 is 0. The van der Waals surface area contributed by atoms with E-state index in [1.54, 1.807) is 0 Å². The number of anilines is 1. The molecule has 0 amide bonds. The number of aliphatic hydroxyl groups excluding tert-OH is 1. The smallest absolute Gasteiger partial charge is 0.206 e. The lowest BCUT2D eigenvalue weighted by Crippen LogP contribution is -2.43. The number of nitrogens with zero attached hydrogens (tertiary/aromatic N) is 3. The molecule has 1 aromatic heterocycles. The van der Waals surface area contributed by atoms with Crippen LogP contribution in [0.1, 0.15) is 19.3 Å². The highest BCUT2D eigenvalue weighted by Crippen LogP contribution is 2.30. The van der Waals surface area contributed by atoms with E-state index in [0.717, 1.165) is 17.0 Å². The van der Waals surface area contributed by atoms with Crippen molar-refractivity contribution in [1.29, 1.82) is 0 Å². The Morgan fingerprint density at radius 3 is 2.78 bits per heavy atom. The minimum atomic E-state index is 0.180. The topological polar surface area (TPSA) is 41.3 Å². The van der Waals surface area contributed by atoms with Gasteiger partial charge in [0.2, 0.25) is 5.95 Å². The number of fused-ring (bicyclic) bond motifs is 1. The van der Waals surface area contributed by atoms with Gasteiger partial charge in [-0.05, 0) is 31.4 Å². The third-order valence-electron chi connectivity index (χ3n) is 3.88. The average molecular weight is 245 g/mol. The molecule has 0 unspecified atom stereocenters. The van der Waals surface area contributed by atoms with Gasteiger partial charge in [0.25, 0.3) is 0 Å². The number of hydrogen-bond donors (Lipinski definition) is 1. The fraction of sp³-hybridized carbons (Fsp3) is 0.500. The zero-order valence-corrected chi connectivity index (χ0v) is 10.7. The Morgan fingerprint density at radius 2 is 2.17 bits per heavy atom. The van der Waals surface area contributed by atoms with Gasteiger partial charge < -0.3 is 14.6 Å². The first-order chi connectivity index (χ1) is 8.81. The van der Waals surface area contributed by atoms with E-state index in [1.807, 2.05) is 25.2 Å². The van der Waals surface area contributed by atoms with Crippen LogP contribution < -0.4 is 4.90 Å². The summed E-state index contributed by atoms with van der Waals surface area (Å²) in [6.45, 7) is 0.849.